The van der Waals surface area contributed by atoms with Crippen LogP contribution in [-0.2, 0) is 4.74 Å². The highest BCUT2D eigenvalue weighted by Gasteiger charge is 2.44. The average molecular weight is 365 g/mol. The van der Waals surface area contributed by atoms with E-state index in [4.69, 9.17) is 9.73 Å². The van der Waals surface area contributed by atoms with E-state index in [0.29, 0.717) is 12.6 Å². The van der Waals surface area contributed by atoms with Crippen molar-refractivity contribution in [3.05, 3.63) is 71.8 Å². The van der Waals surface area contributed by atoms with E-state index in [-0.39, 0.29) is 18.2 Å². The number of guanidine groups is 1. The minimum atomic E-state index is -0.351. The van der Waals surface area contributed by atoms with Gasteiger partial charge < -0.3 is 9.64 Å². The molecule has 0 unspecified atom stereocenters. The third kappa shape index (κ3) is 3.82. The van der Waals surface area contributed by atoms with Crippen LogP contribution in [0.5, 0.6) is 0 Å². The van der Waals surface area contributed by atoms with Gasteiger partial charge in [-0.3, -0.25) is 0 Å². The molecule has 0 fully saturated rings. The molecule has 0 saturated heterocycles. The highest BCUT2D eigenvalue weighted by atomic mass is 16.6. The third-order valence-corrected chi connectivity index (χ3v) is 4.84. The number of hydrogen-bond donors (Lipinski definition) is 0. The molecule has 3 rings (SSSR count). The molecule has 0 N–H and O–H groups in total. The summed E-state index contributed by atoms with van der Waals surface area (Å²) in [5.74, 6) is 0.682. The van der Waals surface area contributed by atoms with E-state index in [2.05, 4.69) is 30.9 Å². The van der Waals surface area contributed by atoms with Gasteiger partial charge >= 0.3 is 6.09 Å². The molecule has 1 heterocycles. The van der Waals surface area contributed by atoms with E-state index in [1.807, 2.05) is 55.5 Å². The second-order valence-corrected chi connectivity index (χ2v) is 6.38. The van der Waals surface area contributed by atoms with Gasteiger partial charge in [-0.25, -0.2) is 14.7 Å². The molecular formula is C22H27N3O2. The van der Waals surface area contributed by atoms with Crippen LogP contribution in [0.1, 0.15) is 44.0 Å². The van der Waals surface area contributed by atoms with E-state index in [0.717, 1.165) is 24.2 Å². The van der Waals surface area contributed by atoms with Crippen molar-refractivity contribution in [3.63, 3.8) is 0 Å². The van der Waals surface area contributed by atoms with E-state index in [1.165, 1.54) is 0 Å². The maximum Gasteiger partial charge on any atom is 0.417 e. The molecule has 0 aliphatic carbocycles. The molecule has 1 amide bonds. The van der Waals surface area contributed by atoms with Crippen molar-refractivity contribution < 1.29 is 9.53 Å². The summed E-state index contributed by atoms with van der Waals surface area (Å²) < 4.78 is 5.41. The lowest BCUT2D eigenvalue weighted by atomic mass is 9.94. The molecule has 0 radical (unpaired) electrons. The lowest BCUT2D eigenvalue weighted by Crippen LogP contribution is -2.46. The summed E-state index contributed by atoms with van der Waals surface area (Å²) in [6.07, 6.45) is -0.351. The quantitative estimate of drug-likeness (QED) is 0.775. The van der Waals surface area contributed by atoms with Crippen LogP contribution in [0.15, 0.2) is 65.7 Å². The first-order chi connectivity index (χ1) is 13.2. The Morgan fingerprint density at radius 2 is 1.52 bits per heavy atom. The van der Waals surface area contributed by atoms with E-state index in [9.17, 15) is 4.79 Å². The molecule has 0 bridgehead atoms. The van der Waals surface area contributed by atoms with Gasteiger partial charge in [0.05, 0.1) is 12.6 Å². The Kier molecular flexibility index (Phi) is 6.12. The Morgan fingerprint density at radius 1 is 0.963 bits per heavy atom. The standard InChI is InChI=1S/C22H27N3O2/c1-4-24(5-2)21-23-19(17-13-9-7-10-14-17)20(18-15-11-8-12-16-18)25(21)22(26)27-6-3/h7-16,19-20H,4-6H2,1-3H3/t19-,20-/m0/s1. The number of nitrogens with zero attached hydrogens (tertiary/aromatic N) is 3. The Balaban J connectivity index is 2.13. The summed E-state index contributed by atoms with van der Waals surface area (Å²) >= 11 is 0. The van der Waals surface area contributed by atoms with Crippen LogP contribution in [-0.4, -0.2) is 41.5 Å². The Hall–Kier alpha value is -2.82. The molecule has 27 heavy (non-hydrogen) atoms. The molecule has 0 saturated carbocycles. The van der Waals surface area contributed by atoms with Gasteiger partial charge in [-0.2, -0.15) is 0 Å². The SMILES string of the molecule is CCOC(=O)N1C(N(CC)CC)=N[C@@H](c2ccccc2)[C@@H]1c1ccccc1. The lowest BCUT2D eigenvalue weighted by Gasteiger charge is -2.32. The summed E-state index contributed by atoms with van der Waals surface area (Å²) in [5.41, 5.74) is 2.13. The molecule has 2 atom stereocenters. The van der Waals surface area contributed by atoms with E-state index < -0.39 is 0 Å². The fourth-order valence-electron chi connectivity index (χ4n) is 3.54. The number of amides is 1. The number of ether oxygens (including phenoxy) is 1. The highest BCUT2D eigenvalue weighted by Crippen LogP contribution is 2.43. The number of aliphatic imine (C=N–C) groups is 1. The molecule has 142 valence electrons. The van der Waals surface area contributed by atoms with Crippen molar-refractivity contribution in [2.45, 2.75) is 32.9 Å². The minimum Gasteiger partial charge on any atom is -0.449 e. The number of carbonyl (C=O) groups excluding carboxylic acids is 1. The first-order valence-electron chi connectivity index (χ1n) is 9.59. The Bertz CT molecular complexity index is 773. The average Bonchev–Trinajstić information content (AvgIpc) is 3.11. The first kappa shape index (κ1) is 19.0. The molecule has 2 aromatic rings. The van der Waals surface area contributed by atoms with Crippen LogP contribution < -0.4 is 0 Å². The zero-order valence-corrected chi connectivity index (χ0v) is 16.2. The molecule has 1 aliphatic rings. The second-order valence-electron chi connectivity index (χ2n) is 6.38. The van der Waals surface area contributed by atoms with Crippen LogP contribution in [0.4, 0.5) is 4.79 Å². The molecule has 2 aromatic carbocycles. The van der Waals surface area contributed by atoms with E-state index in [1.54, 1.807) is 4.90 Å². The molecule has 0 aromatic heterocycles. The maximum atomic E-state index is 12.9. The monoisotopic (exact) mass is 365 g/mol. The topological polar surface area (TPSA) is 45.1 Å². The zero-order valence-electron chi connectivity index (χ0n) is 16.2. The van der Waals surface area contributed by atoms with E-state index >= 15 is 0 Å². The first-order valence-corrected chi connectivity index (χ1v) is 9.59. The molecule has 5 nitrogen and oxygen atoms in total. The van der Waals surface area contributed by atoms with Crippen LogP contribution in [0, 0.1) is 0 Å². The summed E-state index contributed by atoms with van der Waals surface area (Å²) in [5, 5.41) is 0. The van der Waals surface area contributed by atoms with Gasteiger partial charge in [0.15, 0.2) is 0 Å². The molecular weight excluding hydrogens is 338 g/mol. The third-order valence-electron chi connectivity index (χ3n) is 4.84. The van der Waals surface area contributed by atoms with Crippen molar-refractivity contribution in [2.75, 3.05) is 19.7 Å². The summed E-state index contributed by atoms with van der Waals surface area (Å²) in [6, 6.07) is 19.8. The number of hydrogen-bond acceptors (Lipinski definition) is 4. The van der Waals surface area contributed by atoms with Gasteiger partial charge in [0.2, 0.25) is 5.96 Å². The van der Waals surface area contributed by atoms with Gasteiger partial charge in [0, 0.05) is 13.1 Å². The predicted molar refractivity (Wildman–Crippen MR) is 108 cm³/mol. The van der Waals surface area contributed by atoms with Gasteiger partial charge in [-0.15, -0.1) is 0 Å². The van der Waals surface area contributed by atoms with Crippen molar-refractivity contribution in [2.24, 2.45) is 4.99 Å². The van der Waals surface area contributed by atoms with Gasteiger partial charge in [0.1, 0.15) is 6.04 Å². The van der Waals surface area contributed by atoms with Crippen LogP contribution >= 0.6 is 0 Å². The fraction of sp³-hybridized carbons (Fsp3) is 0.364. The summed E-state index contributed by atoms with van der Waals surface area (Å²) in [6.45, 7) is 7.85. The Morgan fingerprint density at radius 3 is 2.04 bits per heavy atom. The summed E-state index contributed by atoms with van der Waals surface area (Å²) in [4.78, 5) is 21.8. The smallest absolute Gasteiger partial charge is 0.417 e. The van der Waals surface area contributed by atoms with Gasteiger partial charge in [-0.05, 0) is 31.9 Å². The predicted octanol–water partition coefficient (Wildman–Crippen LogP) is 4.64. The number of carbonyl (C=O) groups is 1. The largest absolute Gasteiger partial charge is 0.449 e. The lowest BCUT2D eigenvalue weighted by molar-refractivity contribution is 0.113. The summed E-state index contributed by atoms with van der Waals surface area (Å²) in [7, 11) is 0. The fourth-order valence-corrected chi connectivity index (χ4v) is 3.54. The van der Waals surface area contributed by atoms with Crippen molar-refractivity contribution in [1.29, 1.82) is 0 Å². The number of benzene rings is 2. The van der Waals surface area contributed by atoms with Crippen molar-refractivity contribution >= 4 is 12.1 Å². The van der Waals surface area contributed by atoms with Crippen molar-refractivity contribution in [1.82, 2.24) is 9.80 Å². The van der Waals surface area contributed by atoms with Crippen LogP contribution in [0.3, 0.4) is 0 Å². The molecule has 1 aliphatic heterocycles. The van der Waals surface area contributed by atoms with Crippen LogP contribution in [0.2, 0.25) is 0 Å². The maximum absolute atomic E-state index is 12.9. The van der Waals surface area contributed by atoms with Crippen molar-refractivity contribution in [3.8, 4) is 0 Å². The number of rotatable bonds is 5. The van der Waals surface area contributed by atoms with Crippen LogP contribution in [0.25, 0.3) is 0 Å². The minimum absolute atomic E-state index is 0.173. The second kappa shape index (κ2) is 8.71. The molecule has 5 heteroatoms. The Labute approximate surface area is 161 Å². The highest BCUT2D eigenvalue weighted by molar-refractivity contribution is 5.96. The van der Waals surface area contributed by atoms with Gasteiger partial charge in [-0.1, -0.05) is 60.7 Å². The normalized spacial score (nSPS) is 18.9. The zero-order chi connectivity index (χ0) is 19.2. The van der Waals surface area contributed by atoms with Gasteiger partial charge in [0.25, 0.3) is 0 Å². The molecule has 0 spiro atoms.